The van der Waals surface area contributed by atoms with Gasteiger partial charge >= 0.3 is 5.97 Å². The average Bonchev–Trinajstić information content (AvgIpc) is 2.87. The van der Waals surface area contributed by atoms with Crippen molar-refractivity contribution >= 4 is 11.9 Å². The van der Waals surface area contributed by atoms with Gasteiger partial charge in [-0.15, -0.1) is 0 Å². The largest absolute Gasteiger partial charge is 0.480 e. The number of nitrogens with zero attached hydrogens (tertiary/aromatic N) is 2. The number of amides is 1. The molecule has 1 aliphatic rings. The van der Waals surface area contributed by atoms with E-state index in [4.69, 9.17) is 0 Å². The Balaban J connectivity index is 2.70. The first-order valence-electron chi connectivity index (χ1n) is 6.74. The van der Waals surface area contributed by atoms with Gasteiger partial charge in [-0.05, 0) is 39.7 Å². The third kappa shape index (κ3) is 3.56. The van der Waals surface area contributed by atoms with E-state index in [1.54, 1.807) is 30.7 Å². The Labute approximate surface area is 114 Å². The van der Waals surface area contributed by atoms with E-state index in [0.717, 1.165) is 25.0 Å². The van der Waals surface area contributed by atoms with Crippen molar-refractivity contribution in [3.05, 3.63) is 11.8 Å². The highest BCUT2D eigenvalue weighted by Gasteiger charge is 2.35. The maximum absolute atomic E-state index is 12.2. The summed E-state index contributed by atoms with van der Waals surface area (Å²) in [7, 11) is 1.76. The molecule has 0 fully saturated rings. The van der Waals surface area contributed by atoms with E-state index < -0.39 is 11.5 Å². The van der Waals surface area contributed by atoms with Gasteiger partial charge < -0.3 is 10.0 Å². The number of rotatable bonds is 6. The van der Waals surface area contributed by atoms with Crippen LogP contribution in [-0.2, 0) is 9.59 Å². The molecule has 1 aliphatic carbocycles. The SMILES string of the molecule is CCN(CC(=O)N(C)C1=CCCC1)C(C)(C)C(=O)O. The Morgan fingerprint density at radius 1 is 1.42 bits per heavy atom. The van der Waals surface area contributed by atoms with Crippen LogP contribution in [0.3, 0.4) is 0 Å². The zero-order valence-corrected chi connectivity index (χ0v) is 12.3. The minimum absolute atomic E-state index is 0.0516. The quantitative estimate of drug-likeness (QED) is 0.796. The molecule has 0 radical (unpaired) electrons. The summed E-state index contributed by atoms with van der Waals surface area (Å²) in [6.07, 6.45) is 5.11. The summed E-state index contributed by atoms with van der Waals surface area (Å²) in [6, 6.07) is 0. The summed E-state index contributed by atoms with van der Waals surface area (Å²) in [6.45, 7) is 5.77. The van der Waals surface area contributed by atoms with E-state index in [1.807, 2.05) is 6.92 Å². The first kappa shape index (κ1) is 15.7. The second-order valence-corrected chi connectivity index (χ2v) is 5.42. The van der Waals surface area contributed by atoms with Crippen molar-refractivity contribution in [2.45, 2.75) is 45.6 Å². The second-order valence-electron chi connectivity index (χ2n) is 5.42. The molecule has 0 aromatic heterocycles. The maximum Gasteiger partial charge on any atom is 0.323 e. The van der Waals surface area contributed by atoms with Crippen LogP contribution in [0.1, 0.15) is 40.0 Å². The molecule has 0 aromatic carbocycles. The maximum atomic E-state index is 12.2. The van der Waals surface area contributed by atoms with Gasteiger partial charge in [0.05, 0.1) is 6.54 Å². The number of carboxylic acid groups (broad SMARTS) is 1. The number of allylic oxidation sites excluding steroid dienone is 2. The predicted octanol–water partition coefficient (Wildman–Crippen LogP) is 1.70. The van der Waals surface area contributed by atoms with E-state index in [-0.39, 0.29) is 12.5 Å². The molecule has 0 unspecified atom stereocenters. The molecule has 5 heteroatoms. The fourth-order valence-corrected chi connectivity index (χ4v) is 2.23. The molecule has 0 heterocycles. The van der Waals surface area contributed by atoms with Crippen LogP contribution in [0.5, 0.6) is 0 Å². The molecule has 0 saturated heterocycles. The average molecular weight is 268 g/mol. The number of likely N-dealkylation sites (N-methyl/N-ethyl adjacent to an activating group) is 2. The standard InChI is InChI=1S/C14H24N2O3/c1-5-16(14(2,3)13(18)19)10-12(17)15(4)11-8-6-7-9-11/h8H,5-7,9-10H2,1-4H3,(H,18,19). The van der Waals surface area contributed by atoms with Crippen LogP contribution in [0.2, 0.25) is 0 Å². The van der Waals surface area contributed by atoms with E-state index in [0.29, 0.717) is 6.54 Å². The molecule has 0 aliphatic heterocycles. The molecule has 0 saturated carbocycles. The lowest BCUT2D eigenvalue weighted by atomic mass is 10.0. The van der Waals surface area contributed by atoms with Gasteiger partial charge in [0, 0.05) is 12.7 Å². The van der Waals surface area contributed by atoms with Crippen molar-refractivity contribution in [1.82, 2.24) is 9.80 Å². The lowest BCUT2D eigenvalue weighted by Gasteiger charge is -2.34. The third-order valence-corrected chi connectivity index (χ3v) is 3.84. The van der Waals surface area contributed by atoms with Gasteiger partial charge in [-0.1, -0.05) is 13.0 Å². The van der Waals surface area contributed by atoms with Gasteiger partial charge in [0.1, 0.15) is 5.54 Å². The summed E-state index contributed by atoms with van der Waals surface area (Å²) in [4.78, 5) is 26.8. The summed E-state index contributed by atoms with van der Waals surface area (Å²) in [5.74, 6) is -0.964. The zero-order valence-electron chi connectivity index (χ0n) is 12.3. The lowest BCUT2D eigenvalue weighted by Crippen LogP contribution is -2.53. The molecule has 0 bridgehead atoms. The molecular formula is C14H24N2O3. The zero-order chi connectivity index (χ0) is 14.6. The molecule has 1 rings (SSSR count). The van der Waals surface area contributed by atoms with Gasteiger partial charge in [0.15, 0.2) is 0 Å². The van der Waals surface area contributed by atoms with Gasteiger partial charge in [0.25, 0.3) is 0 Å². The molecule has 19 heavy (non-hydrogen) atoms. The summed E-state index contributed by atoms with van der Waals surface area (Å²) in [5.41, 5.74) is 0.0177. The summed E-state index contributed by atoms with van der Waals surface area (Å²) < 4.78 is 0. The Morgan fingerprint density at radius 2 is 2.05 bits per heavy atom. The Morgan fingerprint density at radius 3 is 2.47 bits per heavy atom. The smallest absolute Gasteiger partial charge is 0.323 e. The Kier molecular flexibility index (Phi) is 5.11. The third-order valence-electron chi connectivity index (χ3n) is 3.84. The topological polar surface area (TPSA) is 60.9 Å². The van der Waals surface area contributed by atoms with Crippen LogP contribution in [-0.4, -0.2) is 52.5 Å². The van der Waals surface area contributed by atoms with Crippen molar-refractivity contribution in [1.29, 1.82) is 0 Å². The molecule has 0 atom stereocenters. The van der Waals surface area contributed by atoms with Crippen LogP contribution in [0.4, 0.5) is 0 Å². The first-order valence-corrected chi connectivity index (χ1v) is 6.74. The van der Waals surface area contributed by atoms with Crippen molar-refractivity contribution in [2.24, 2.45) is 0 Å². The van der Waals surface area contributed by atoms with Crippen molar-refractivity contribution in [3.63, 3.8) is 0 Å². The fraction of sp³-hybridized carbons (Fsp3) is 0.714. The van der Waals surface area contributed by atoms with E-state index in [1.165, 1.54) is 0 Å². The minimum atomic E-state index is -1.03. The molecule has 0 spiro atoms. The van der Waals surface area contributed by atoms with Gasteiger partial charge in [0.2, 0.25) is 5.91 Å². The van der Waals surface area contributed by atoms with Crippen LogP contribution >= 0.6 is 0 Å². The molecule has 0 aromatic rings. The van der Waals surface area contributed by atoms with Crippen molar-refractivity contribution in [3.8, 4) is 0 Å². The number of hydrogen-bond donors (Lipinski definition) is 1. The van der Waals surface area contributed by atoms with E-state index in [9.17, 15) is 14.7 Å². The van der Waals surface area contributed by atoms with Gasteiger partial charge in [-0.25, -0.2) is 0 Å². The van der Waals surface area contributed by atoms with Crippen LogP contribution in [0, 0.1) is 0 Å². The molecule has 108 valence electrons. The summed E-state index contributed by atoms with van der Waals surface area (Å²) in [5, 5.41) is 9.23. The van der Waals surface area contributed by atoms with Crippen LogP contribution in [0.25, 0.3) is 0 Å². The monoisotopic (exact) mass is 268 g/mol. The molecule has 1 N–H and O–H groups in total. The highest BCUT2D eigenvalue weighted by molar-refractivity contribution is 5.82. The molecule has 1 amide bonds. The summed E-state index contributed by atoms with van der Waals surface area (Å²) >= 11 is 0. The normalized spacial score (nSPS) is 15.5. The minimum Gasteiger partial charge on any atom is -0.480 e. The first-order chi connectivity index (χ1) is 8.80. The van der Waals surface area contributed by atoms with Crippen molar-refractivity contribution in [2.75, 3.05) is 20.1 Å². The number of hydrogen-bond acceptors (Lipinski definition) is 3. The van der Waals surface area contributed by atoms with E-state index in [2.05, 4.69) is 6.08 Å². The lowest BCUT2D eigenvalue weighted by molar-refractivity contribution is -0.150. The second kappa shape index (κ2) is 6.19. The van der Waals surface area contributed by atoms with Gasteiger partial charge in [-0.3, -0.25) is 14.5 Å². The number of carbonyl (C=O) groups excluding carboxylic acids is 1. The van der Waals surface area contributed by atoms with Gasteiger partial charge in [-0.2, -0.15) is 0 Å². The Hall–Kier alpha value is -1.36. The number of carboxylic acids is 1. The predicted molar refractivity (Wildman–Crippen MR) is 73.7 cm³/mol. The van der Waals surface area contributed by atoms with Crippen LogP contribution in [0.15, 0.2) is 11.8 Å². The number of aliphatic carboxylic acids is 1. The highest BCUT2D eigenvalue weighted by Crippen LogP contribution is 2.21. The molecular weight excluding hydrogens is 244 g/mol. The van der Waals surface area contributed by atoms with Crippen LogP contribution < -0.4 is 0 Å². The Bertz CT molecular complexity index is 388. The van der Waals surface area contributed by atoms with E-state index >= 15 is 0 Å². The fourth-order valence-electron chi connectivity index (χ4n) is 2.23. The van der Waals surface area contributed by atoms with Crippen molar-refractivity contribution < 1.29 is 14.7 Å². The highest BCUT2D eigenvalue weighted by atomic mass is 16.4. The molecule has 5 nitrogen and oxygen atoms in total. The number of carbonyl (C=O) groups is 2.